The number of allylic oxidation sites excluding steroid dienone is 2. The van der Waals surface area contributed by atoms with Crippen molar-refractivity contribution < 1.29 is 40.7 Å². The number of esters is 1. The van der Waals surface area contributed by atoms with Crippen molar-refractivity contribution >= 4 is 39.7 Å². The average Bonchev–Trinajstić information content (AvgIpc) is 2.74. The van der Waals surface area contributed by atoms with E-state index in [0.717, 1.165) is 13.2 Å². The quantitative estimate of drug-likeness (QED) is 0.170. The van der Waals surface area contributed by atoms with Crippen LogP contribution in [0.4, 0.5) is 26.3 Å². The predicted molar refractivity (Wildman–Crippen MR) is 110 cm³/mol. The van der Waals surface area contributed by atoms with Crippen LogP contribution in [0.1, 0.15) is 31.8 Å². The van der Waals surface area contributed by atoms with Crippen LogP contribution in [0.3, 0.4) is 0 Å². The van der Waals surface area contributed by atoms with Gasteiger partial charge in [-0.3, -0.25) is 4.79 Å². The number of hydrogen-bond acceptors (Lipinski definition) is 3. The third-order valence-corrected chi connectivity index (χ3v) is 4.93. The standard InChI is InChI=1S/C23H13ClF6O3/c1-33-21(32)18-7-6-17(15-4-2-3-5-16(15)18)20(31)11-19(23(28,29)30)12-8-13(22(25,26)27)10-14(24)9-12/h2-11H,1H3. The van der Waals surface area contributed by atoms with Crippen LogP contribution in [0, 0.1) is 0 Å². The van der Waals surface area contributed by atoms with Crippen molar-refractivity contribution in [2.24, 2.45) is 0 Å². The number of alkyl halides is 6. The maximum atomic E-state index is 13.8. The van der Waals surface area contributed by atoms with Crippen LogP contribution >= 0.6 is 11.6 Å². The topological polar surface area (TPSA) is 43.4 Å². The maximum Gasteiger partial charge on any atom is 0.417 e. The van der Waals surface area contributed by atoms with Crippen molar-refractivity contribution in [3.63, 3.8) is 0 Å². The number of halogens is 7. The normalized spacial score (nSPS) is 12.7. The van der Waals surface area contributed by atoms with Crippen molar-refractivity contribution in [1.29, 1.82) is 0 Å². The Hall–Kier alpha value is -3.33. The molecule has 3 aromatic rings. The SMILES string of the molecule is COC(=O)c1ccc(C(=O)C=C(c2cc(Cl)cc(C(F)(F)F)c2)C(F)(F)F)c2ccccc12. The van der Waals surface area contributed by atoms with Crippen LogP contribution in [0.15, 0.2) is 60.7 Å². The molecule has 0 fully saturated rings. The Balaban J connectivity index is 2.20. The minimum absolute atomic E-state index is 0.0920. The molecule has 0 heterocycles. The Morgan fingerprint density at radius 2 is 1.45 bits per heavy atom. The number of methoxy groups -OCH3 is 1. The number of carbonyl (C=O) groups excluding carboxylic acids is 2. The van der Waals surface area contributed by atoms with Crippen LogP contribution < -0.4 is 0 Å². The predicted octanol–water partition coefficient (Wildman–Crippen LogP) is 7.13. The number of benzene rings is 3. The van der Waals surface area contributed by atoms with Crippen LogP contribution in [-0.4, -0.2) is 25.0 Å². The van der Waals surface area contributed by atoms with Gasteiger partial charge in [-0.05, 0) is 52.7 Å². The van der Waals surface area contributed by atoms with Gasteiger partial charge < -0.3 is 4.74 Å². The van der Waals surface area contributed by atoms with Gasteiger partial charge in [0.2, 0.25) is 0 Å². The molecule has 3 aromatic carbocycles. The second kappa shape index (κ2) is 8.90. The Morgan fingerprint density at radius 3 is 2.00 bits per heavy atom. The van der Waals surface area contributed by atoms with E-state index in [-0.39, 0.29) is 34.0 Å². The van der Waals surface area contributed by atoms with E-state index in [4.69, 9.17) is 11.6 Å². The molecule has 0 aliphatic rings. The number of ether oxygens (including phenoxy) is 1. The van der Waals surface area contributed by atoms with E-state index >= 15 is 0 Å². The van der Waals surface area contributed by atoms with Gasteiger partial charge in [0.05, 0.1) is 23.8 Å². The number of ketones is 1. The van der Waals surface area contributed by atoms with Crippen molar-refractivity contribution in [3.05, 3.63) is 87.9 Å². The molecule has 0 amide bonds. The lowest BCUT2D eigenvalue weighted by Crippen LogP contribution is -2.14. The number of carbonyl (C=O) groups is 2. The molecule has 0 atom stereocenters. The highest BCUT2D eigenvalue weighted by Gasteiger charge is 2.38. The number of fused-ring (bicyclic) bond motifs is 1. The molecular weight excluding hydrogens is 474 g/mol. The molecule has 0 radical (unpaired) electrons. The highest BCUT2D eigenvalue weighted by atomic mass is 35.5. The molecule has 0 saturated heterocycles. The van der Waals surface area contributed by atoms with Gasteiger partial charge in [0.25, 0.3) is 0 Å². The van der Waals surface area contributed by atoms with Gasteiger partial charge in [-0.15, -0.1) is 0 Å². The third-order valence-electron chi connectivity index (χ3n) is 4.71. The molecule has 0 bridgehead atoms. The van der Waals surface area contributed by atoms with Crippen LogP contribution in [0.2, 0.25) is 5.02 Å². The van der Waals surface area contributed by atoms with E-state index in [2.05, 4.69) is 4.74 Å². The Labute approximate surface area is 188 Å². The van der Waals surface area contributed by atoms with E-state index < -0.39 is 45.8 Å². The lowest BCUT2D eigenvalue weighted by atomic mass is 9.94. The monoisotopic (exact) mass is 486 g/mol. The van der Waals surface area contributed by atoms with Crippen LogP contribution in [-0.2, 0) is 10.9 Å². The first-order chi connectivity index (χ1) is 15.3. The highest BCUT2D eigenvalue weighted by Crippen LogP contribution is 2.39. The second-order valence-corrected chi connectivity index (χ2v) is 7.28. The highest BCUT2D eigenvalue weighted by molar-refractivity contribution is 6.31. The Bertz CT molecular complexity index is 1280. The van der Waals surface area contributed by atoms with Crippen molar-refractivity contribution in [2.75, 3.05) is 7.11 Å². The first-order valence-electron chi connectivity index (χ1n) is 9.14. The molecule has 33 heavy (non-hydrogen) atoms. The summed E-state index contributed by atoms with van der Waals surface area (Å²) in [5.41, 5.74) is -3.99. The zero-order valence-corrected chi connectivity index (χ0v) is 17.4. The maximum absolute atomic E-state index is 13.8. The molecule has 0 unspecified atom stereocenters. The summed E-state index contributed by atoms with van der Waals surface area (Å²) in [6.07, 6.45) is -9.89. The smallest absolute Gasteiger partial charge is 0.417 e. The van der Waals surface area contributed by atoms with E-state index in [9.17, 15) is 35.9 Å². The molecule has 0 spiro atoms. The average molecular weight is 487 g/mol. The van der Waals surface area contributed by atoms with E-state index in [0.29, 0.717) is 12.1 Å². The summed E-state index contributed by atoms with van der Waals surface area (Å²) in [5.74, 6) is -1.83. The summed E-state index contributed by atoms with van der Waals surface area (Å²) in [4.78, 5) is 24.8. The van der Waals surface area contributed by atoms with Gasteiger partial charge in [-0.25, -0.2) is 4.79 Å². The van der Waals surface area contributed by atoms with E-state index in [1.807, 2.05) is 0 Å². The Morgan fingerprint density at radius 1 is 0.879 bits per heavy atom. The summed E-state index contributed by atoms with van der Waals surface area (Å²) < 4.78 is 85.2. The number of rotatable bonds is 4. The third kappa shape index (κ3) is 5.19. The molecular formula is C23H13ClF6O3. The lowest BCUT2D eigenvalue weighted by Gasteiger charge is -2.15. The number of hydrogen-bond donors (Lipinski definition) is 0. The molecule has 10 heteroatoms. The molecule has 3 nitrogen and oxygen atoms in total. The first kappa shape index (κ1) is 24.3. The van der Waals surface area contributed by atoms with Crippen LogP contribution in [0.5, 0.6) is 0 Å². The van der Waals surface area contributed by atoms with Gasteiger partial charge in [-0.1, -0.05) is 35.9 Å². The largest absolute Gasteiger partial charge is 0.465 e. The van der Waals surface area contributed by atoms with E-state index in [1.165, 1.54) is 24.3 Å². The minimum Gasteiger partial charge on any atom is -0.465 e. The fourth-order valence-corrected chi connectivity index (χ4v) is 3.48. The fourth-order valence-electron chi connectivity index (χ4n) is 3.25. The lowest BCUT2D eigenvalue weighted by molar-refractivity contribution is -0.137. The first-order valence-corrected chi connectivity index (χ1v) is 9.52. The van der Waals surface area contributed by atoms with Crippen molar-refractivity contribution in [2.45, 2.75) is 12.4 Å². The van der Waals surface area contributed by atoms with E-state index in [1.54, 1.807) is 6.07 Å². The summed E-state index contributed by atoms with van der Waals surface area (Å²) >= 11 is 5.62. The van der Waals surface area contributed by atoms with Gasteiger partial charge in [0, 0.05) is 10.6 Å². The zero-order valence-electron chi connectivity index (χ0n) is 16.6. The van der Waals surface area contributed by atoms with Crippen LogP contribution in [0.25, 0.3) is 16.3 Å². The molecule has 172 valence electrons. The second-order valence-electron chi connectivity index (χ2n) is 6.84. The van der Waals surface area contributed by atoms with Crippen molar-refractivity contribution in [1.82, 2.24) is 0 Å². The molecule has 0 aromatic heterocycles. The van der Waals surface area contributed by atoms with Gasteiger partial charge in [0.15, 0.2) is 5.78 Å². The van der Waals surface area contributed by atoms with Gasteiger partial charge in [0.1, 0.15) is 0 Å². The van der Waals surface area contributed by atoms with Crippen molar-refractivity contribution in [3.8, 4) is 0 Å². The van der Waals surface area contributed by atoms with Gasteiger partial charge in [-0.2, -0.15) is 26.3 Å². The summed E-state index contributed by atoms with van der Waals surface area (Å²) in [7, 11) is 1.15. The zero-order chi connectivity index (χ0) is 24.6. The minimum atomic E-state index is -5.16. The fraction of sp³-hybridized carbons (Fsp3) is 0.130. The van der Waals surface area contributed by atoms with Gasteiger partial charge >= 0.3 is 18.3 Å². The summed E-state index contributed by atoms with van der Waals surface area (Å²) in [5, 5.41) is -0.139. The Kier molecular flexibility index (Phi) is 6.56. The molecule has 0 aliphatic heterocycles. The molecule has 0 saturated carbocycles. The summed E-state index contributed by atoms with van der Waals surface area (Å²) in [6, 6.07) is 9.82. The molecule has 0 aliphatic carbocycles. The molecule has 0 N–H and O–H groups in total. The molecule has 3 rings (SSSR count). The summed E-state index contributed by atoms with van der Waals surface area (Å²) in [6.45, 7) is 0.